The van der Waals surface area contributed by atoms with Crippen LogP contribution in [0.25, 0.3) is 0 Å². The van der Waals surface area contributed by atoms with Gasteiger partial charge in [0.1, 0.15) is 12.4 Å². The molecule has 0 aliphatic carbocycles. The summed E-state index contributed by atoms with van der Waals surface area (Å²) in [5.74, 6) is 1.27. The zero-order valence-corrected chi connectivity index (χ0v) is 13.5. The van der Waals surface area contributed by atoms with Crippen LogP contribution in [-0.4, -0.2) is 0 Å². The van der Waals surface area contributed by atoms with Gasteiger partial charge in [0.05, 0.1) is 10.4 Å². The number of hydrogen-bond donors (Lipinski definition) is 0. The molecule has 2 rings (SSSR count). The molecule has 0 aliphatic rings. The zero-order valence-electron chi connectivity index (χ0n) is 8.75. The van der Waals surface area contributed by atoms with Gasteiger partial charge in [-0.2, -0.15) is 0 Å². The molecule has 1 heterocycles. The average molecular weight is 397 g/mol. The fourth-order valence-electron chi connectivity index (χ4n) is 1.39. The summed E-state index contributed by atoms with van der Waals surface area (Å²) >= 11 is 14.5. The molecular formula is C12H9Br2ClOS. The lowest BCUT2D eigenvalue weighted by Crippen LogP contribution is -1.97. The van der Waals surface area contributed by atoms with E-state index >= 15 is 0 Å². The highest BCUT2D eigenvalue weighted by Gasteiger charge is 2.08. The first kappa shape index (κ1) is 13.4. The lowest BCUT2D eigenvalue weighted by molar-refractivity contribution is 0.305. The Labute approximate surface area is 126 Å². The van der Waals surface area contributed by atoms with Crippen LogP contribution >= 0.6 is 54.8 Å². The van der Waals surface area contributed by atoms with E-state index < -0.39 is 0 Å². The van der Waals surface area contributed by atoms with E-state index in [1.54, 1.807) is 11.3 Å². The van der Waals surface area contributed by atoms with Crippen molar-refractivity contribution in [2.24, 2.45) is 0 Å². The van der Waals surface area contributed by atoms with Crippen LogP contribution in [0.2, 0.25) is 0 Å². The van der Waals surface area contributed by atoms with Crippen molar-refractivity contribution in [1.82, 2.24) is 0 Å². The van der Waals surface area contributed by atoms with Crippen molar-refractivity contribution in [2.45, 2.75) is 12.5 Å². The van der Waals surface area contributed by atoms with Crippen LogP contribution in [-0.2, 0) is 12.5 Å². The molecule has 17 heavy (non-hydrogen) atoms. The molecule has 1 nitrogen and oxygen atoms in total. The van der Waals surface area contributed by atoms with Crippen LogP contribution < -0.4 is 4.74 Å². The van der Waals surface area contributed by atoms with Gasteiger partial charge in [0.15, 0.2) is 0 Å². The topological polar surface area (TPSA) is 9.23 Å². The summed E-state index contributed by atoms with van der Waals surface area (Å²) in [6.45, 7) is 0.558. The summed E-state index contributed by atoms with van der Waals surface area (Å²) < 4.78 is 7.84. The van der Waals surface area contributed by atoms with Crippen LogP contribution in [0.4, 0.5) is 0 Å². The lowest BCUT2D eigenvalue weighted by atomic mass is 10.2. The molecule has 0 atom stereocenters. The summed E-state index contributed by atoms with van der Waals surface area (Å²) in [6, 6.07) is 7.94. The smallest absolute Gasteiger partial charge is 0.138 e. The maximum Gasteiger partial charge on any atom is 0.138 e. The monoisotopic (exact) mass is 394 g/mol. The standard InChI is InChI=1S/C12H9Br2ClOS/c13-9-4-10(17-7-9)6-16-12-8(5-15)2-1-3-11(12)14/h1-4,7H,5-6H2. The van der Waals surface area contributed by atoms with Gasteiger partial charge in [0.2, 0.25) is 0 Å². The molecule has 0 unspecified atom stereocenters. The highest BCUT2D eigenvalue weighted by molar-refractivity contribution is 9.10. The van der Waals surface area contributed by atoms with E-state index in [-0.39, 0.29) is 0 Å². The van der Waals surface area contributed by atoms with Crippen LogP contribution in [0.1, 0.15) is 10.4 Å². The van der Waals surface area contributed by atoms with E-state index in [1.165, 1.54) is 4.88 Å². The Morgan fingerprint density at radius 1 is 1.29 bits per heavy atom. The molecule has 0 amide bonds. The molecule has 0 spiro atoms. The van der Waals surface area contributed by atoms with Gasteiger partial charge in [-0.15, -0.1) is 22.9 Å². The third-order valence-corrected chi connectivity index (χ3v) is 4.76. The molecule has 0 aliphatic heterocycles. The normalized spacial score (nSPS) is 10.5. The van der Waals surface area contributed by atoms with E-state index in [4.69, 9.17) is 16.3 Å². The van der Waals surface area contributed by atoms with Gasteiger partial charge in [0.25, 0.3) is 0 Å². The predicted octanol–water partition coefficient (Wildman–Crippen LogP) is 5.59. The Morgan fingerprint density at radius 3 is 2.76 bits per heavy atom. The minimum Gasteiger partial charge on any atom is -0.487 e. The minimum absolute atomic E-state index is 0.447. The van der Waals surface area contributed by atoms with Gasteiger partial charge < -0.3 is 4.74 Å². The molecule has 0 saturated heterocycles. The molecule has 0 bridgehead atoms. The Balaban J connectivity index is 2.13. The van der Waals surface area contributed by atoms with Crippen molar-refractivity contribution >= 4 is 54.8 Å². The summed E-state index contributed by atoms with van der Waals surface area (Å²) in [7, 11) is 0. The van der Waals surface area contributed by atoms with Gasteiger partial charge in [-0.25, -0.2) is 0 Å². The van der Waals surface area contributed by atoms with Crippen molar-refractivity contribution in [3.8, 4) is 5.75 Å². The number of alkyl halides is 1. The second kappa shape index (κ2) is 6.23. The van der Waals surface area contributed by atoms with Crippen molar-refractivity contribution in [1.29, 1.82) is 0 Å². The maximum absolute atomic E-state index is 5.88. The molecule has 0 saturated carbocycles. The van der Waals surface area contributed by atoms with Gasteiger partial charge in [-0.1, -0.05) is 12.1 Å². The predicted molar refractivity (Wildman–Crippen MR) is 80.1 cm³/mol. The number of para-hydroxylation sites is 1. The van der Waals surface area contributed by atoms with E-state index in [1.807, 2.05) is 23.6 Å². The average Bonchev–Trinajstić information content (AvgIpc) is 2.73. The Kier molecular flexibility index (Phi) is 4.91. The Morgan fingerprint density at radius 2 is 2.12 bits per heavy atom. The van der Waals surface area contributed by atoms with Gasteiger partial charge in [-0.05, 0) is 44.0 Å². The molecule has 1 aromatic carbocycles. The summed E-state index contributed by atoms with van der Waals surface area (Å²) in [4.78, 5) is 1.17. The number of hydrogen-bond acceptors (Lipinski definition) is 2. The highest BCUT2D eigenvalue weighted by Crippen LogP contribution is 2.31. The fraction of sp³-hybridized carbons (Fsp3) is 0.167. The fourth-order valence-corrected chi connectivity index (χ4v) is 3.49. The molecule has 0 fully saturated rings. The molecule has 5 heteroatoms. The van der Waals surface area contributed by atoms with Crippen LogP contribution in [0.3, 0.4) is 0 Å². The van der Waals surface area contributed by atoms with Crippen LogP contribution in [0.15, 0.2) is 38.6 Å². The van der Waals surface area contributed by atoms with E-state index in [0.717, 1.165) is 20.3 Å². The first-order chi connectivity index (χ1) is 8.20. The number of thiophene rings is 1. The first-order valence-corrected chi connectivity index (χ1v) is 7.90. The van der Waals surface area contributed by atoms with Gasteiger partial charge >= 0.3 is 0 Å². The Hall–Kier alpha value is -0.0300. The summed E-state index contributed by atoms with van der Waals surface area (Å²) in [6.07, 6.45) is 0. The number of halogens is 3. The molecular weight excluding hydrogens is 387 g/mol. The van der Waals surface area contributed by atoms with Crippen molar-refractivity contribution in [3.63, 3.8) is 0 Å². The van der Waals surface area contributed by atoms with E-state index in [9.17, 15) is 0 Å². The van der Waals surface area contributed by atoms with E-state index in [2.05, 4.69) is 37.9 Å². The first-order valence-electron chi connectivity index (χ1n) is 4.90. The van der Waals surface area contributed by atoms with Crippen molar-refractivity contribution in [2.75, 3.05) is 0 Å². The zero-order chi connectivity index (χ0) is 12.3. The number of ether oxygens (including phenoxy) is 1. The maximum atomic E-state index is 5.88. The van der Waals surface area contributed by atoms with Gasteiger partial charge in [0, 0.05) is 20.3 Å². The Bertz CT molecular complexity index is 513. The van der Waals surface area contributed by atoms with Gasteiger partial charge in [-0.3, -0.25) is 0 Å². The number of rotatable bonds is 4. The molecule has 2 aromatic rings. The molecule has 90 valence electrons. The minimum atomic E-state index is 0.447. The van der Waals surface area contributed by atoms with Crippen LogP contribution in [0.5, 0.6) is 5.75 Å². The molecule has 0 radical (unpaired) electrons. The third-order valence-electron chi connectivity index (χ3n) is 2.17. The lowest BCUT2D eigenvalue weighted by Gasteiger charge is -2.10. The molecule has 1 aromatic heterocycles. The largest absolute Gasteiger partial charge is 0.487 e. The van der Waals surface area contributed by atoms with Crippen LogP contribution in [0, 0.1) is 0 Å². The summed E-state index contributed by atoms with van der Waals surface area (Å²) in [5, 5.41) is 2.04. The second-order valence-corrected chi connectivity index (χ2v) is 6.41. The van der Waals surface area contributed by atoms with Crippen molar-refractivity contribution < 1.29 is 4.74 Å². The third kappa shape index (κ3) is 3.47. The SMILES string of the molecule is ClCc1cccc(Br)c1OCc1cc(Br)cs1. The van der Waals surface area contributed by atoms with E-state index in [0.29, 0.717) is 12.5 Å². The highest BCUT2D eigenvalue weighted by atomic mass is 79.9. The molecule has 0 N–H and O–H groups in total. The quantitative estimate of drug-likeness (QED) is 0.612. The summed E-state index contributed by atoms with van der Waals surface area (Å²) in [5.41, 5.74) is 0.997. The van der Waals surface area contributed by atoms with Crippen molar-refractivity contribution in [3.05, 3.63) is 49.0 Å². The second-order valence-electron chi connectivity index (χ2n) is 3.38. The number of benzene rings is 1.